The molecule has 2 aromatic carbocycles. The first kappa shape index (κ1) is 16.9. The van der Waals surface area contributed by atoms with E-state index in [0.717, 1.165) is 11.1 Å². The van der Waals surface area contributed by atoms with Crippen LogP contribution in [0.5, 0.6) is 5.75 Å². The molecule has 0 aliphatic carbocycles. The molecule has 0 saturated heterocycles. The maximum absolute atomic E-state index is 11.4. The Morgan fingerprint density at radius 2 is 1.77 bits per heavy atom. The first-order chi connectivity index (χ1) is 10.4. The molecule has 0 bridgehead atoms. The molecule has 0 unspecified atom stereocenters. The van der Waals surface area contributed by atoms with Gasteiger partial charge in [-0.25, -0.2) is 4.79 Å². The zero-order valence-electron chi connectivity index (χ0n) is 11.6. The van der Waals surface area contributed by atoms with E-state index in [-0.39, 0.29) is 6.42 Å². The van der Waals surface area contributed by atoms with Crippen molar-refractivity contribution in [3.63, 3.8) is 0 Å². The highest BCUT2D eigenvalue weighted by atomic mass is 35.5. The Hall–Kier alpha value is -1.42. The van der Waals surface area contributed by atoms with E-state index < -0.39 is 12.1 Å². The van der Waals surface area contributed by atoms with Gasteiger partial charge in [-0.1, -0.05) is 40.9 Å². The first-order valence-corrected chi connectivity index (χ1v) is 7.59. The maximum Gasteiger partial charge on any atom is 0.345 e. The minimum absolute atomic E-state index is 0.175. The number of carboxylic acid groups (broad SMARTS) is 1. The Bertz CT molecular complexity index is 648. The smallest absolute Gasteiger partial charge is 0.345 e. The van der Waals surface area contributed by atoms with Gasteiger partial charge in [0.2, 0.25) is 0 Å². The van der Waals surface area contributed by atoms with Crippen LogP contribution in [0.4, 0.5) is 0 Å². The minimum Gasteiger partial charge on any atom is -0.478 e. The van der Waals surface area contributed by atoms with Crippen LogP contribution in [0, 0.1) is 6.92 Å². The molecule has 2 aromatic rings. The second kappa shape index (κ2) is 7.23. The Morgan fingerprint density at radius 1 is 1.09 bits per heavy atom. The van der Waals surface area contributed by atoms with E-state index in [1.807, 2.05) is 6.92 Å². The van der Waals surface area contributed by atoms with E-state index in [4.69, 9.17) is 39.5 Å². The number of carboxylic acids is 1. The monoisotopic (exact) mass is 358 g/mol. The lowest BCUT2D eigenvalue weighted by Crippen LogP contribution is -2.29. The van der Waals surface area contributed by atoms with Crippen molar-refractivity contribution in [1.82, 2.24) is 0 Å². The summed E-state index contributed by atoms with van der Waals surface area (Å²) >= 11 is 17.7. The lowest BCUT2D eigenvalue weighted by molar-refractivity contribution is -0.145. The fourth-order valence-electron chi connectivity index (χ4n) is 1.91. The fourth-order valence-corrected chi connectivity index (χ4v) is 2.35. The highest BCUT2D eigenvalue weighted by molar-refractivity contribution is 6.42. The van der Waals surface area contributed by atoms with Crippen molar-refractivity contribution in [2.75, 3.05) is 0 Å². The van der Waals surface area contributed by atoms with Crippen molar-refractivity contribution in [2.24, 2.45) is 0 Å². The standard InChI is InChI=1S/C16H13Cl3O3/c1-9-6-11(3-5-12(9)17)22-15(16(20)21)8-10-2-4-13(18)14(19)7-10/h2-7,15H,8H2,1H3,(H,20,21)/t15-/m0/s1. The van der Waals surface area contributed by atoms with Gasteiger partial charge in [0.05, 0.1) is 10.0 Å². The molecule has 0 radical (unpaired) electrons. The van der Waals surface area contributed by atoms with Crippen molar-refractivity contribution >= 4 is 40.8 Å². The van der Waals surface area contributed by atoms with Crippen LogP contribution in [0.3, 0.4) is 0 Å². The third kappa shape index (κ3) is 4.29. The van der Waals surface area contributed by atoms with Gasteiger partial charge in [0.15, 0.2) is 6.10 Å². The summed E-state index contributed by atoms with van der Waals surface area (Å²) in [4.78, 5) is 11.4. The number of rotatable bonds is 5. The average Bonchev–Trinajstić information content (AvgIpc) is 2.46. The number of hydrogen-bond acceptors (Lipinski definition) is 2. The number of hydrogen-bond donors (Lipinski definition) is 1. The molecule has 1 N–H and O–H groups in total. The van der Waals surface area contributed by atoms with E-state index in [2.05, 4.69) is 0 Å². The van der Waals surface area contributed by atoms with Crippen LogP contribution < -0.4 is 4.74 Å². The summed E-state index contributed by atoms with van der Waals surface area (Å²) in [6.07, 6.45) is -0.855. The maximum atomic E-state index is 11.4. The molecule has 116 valence electrons. The van der Waals surface area contributed by atoms with Crippen LogP contribution in [-0.4, -0.2) is 17.2 Å². The number of halogens is 3. The van der Waals surface area contributed by atoms with E-state index in [0.29, 0.717) is 20.8 Å². The summed E-state index contributed by atoms with van der Waals surface area (Å²) in [5.41, 5.74) is 1.55. The third-order valence-corrected chi connectivity index (χ3v) is 4.25. The van der Waals surface area contributed by atoms with E-state index in [1.54, 1.807) is 36.4 Å². The lowest BCUT2D eigenvalue weighted by atomic mass is 10.1. The largest absolute Gasteiger partial charge is 0.478 e. The average molecular weight is 360 g/mol. The summed E-state index contributed by atoms with van der Waals surface area (Å²) < 4.78 is 5.55. The summed E-state index contributed by atoms with van der Waals surface area (Å²) in [7, 11) is 0. The molecular weight excluding hydrogens is 347 g/mol. The van der Waals surface area contributed by atoms with Gasteiger partial charge in [-0.15, -0.1) is 0 Å². The van der Waals surface area contributed by atoms with Gasteiger partial charge in [-0.2, -0.15) is 0 Å². The minimum atomic E-state index is -1.06. The number of aliphatic carboxylic acids is 1. The van der Waals surface area contributed by atoms with Gasteiger partial charge in [-0.3, -0.25) is 0 Å². The molecule has 0 fully saturated rings. The summed E-state index contributed by atoms with van der Waals surface area (Å²) in [5.74, 6) is -0.604. The summed E-state index contributed by atoms with van der Waals surface area (Å²) in [6.45, 7) is 1.82. The van der Waals surface area contributed by atoms with Crippen molar-refractivity contribution < 1.29 is 14.6 Å². The molecule has 6 heteroatoms. The van der Waals surface area contributed by atoms with Crippen LogP contribution in [0.2, 0.25) is 15.1 Å². The second-order valence-electron chi connectivity index (χ2n) is 4.81. The number of ether oxygens (including phenoxy) is 1. The molecule has 0 amide bonds. The van der Waals surface area contributed by atoms with Crippen molar-refractivity contribution in [3.05, 3.63) is 62.6 Å². The Balaban J connectivity index is 2.17. The topological polar surface area (TPSA) is 46.5 Å². The van der Waals surface area contributed by atoms with Crippen LogP contribution in [0.1, 0.15) is 11.1 Å². The molecular formula is C16H13Cl3O3. The van der Waals surface area contributed by atoms with Gasteiger partial charge < -0.3 is 9.84 Å². The molecule has 22 heavy (non-hydrogen) atoms. The van der Waals surface area contributed by atoms with Crippen LogP contribution in [-0.2, 0) is 11.2 Å². The van der Waals surface area contributed by atoms with Crippen LogP contribution in [0.25, 0.3) is 0 Å². The van der Waals surface area contributed by atoms with Gasteiger partial charge >= 0.3 is 5.97 Å². The van der Waals surface area contributed by atoms with E-state index in [1.165, 1.54) is 0 Å². The highest BCUT2D eigenvalue weighted by Crippen LogP contribution is 2.25. The fraction of sp³-hybridized carbons (Fsp3) is 0.188. The SMILES string of the molecule is Cc1cc(O[C@@H](Cc2ccc(Cl)c(Cl)c2)C(=O)O)ccc1Cl. The summed E-state index contributed by atoms with van der Waals surface area (Å²) in [6, 6.07) is 10.00. The van der Waals surface area contributed by atoms with Crippen molar-refractivity contribution in [1.29, 1.82) is 0 Å². The van der Waals surface area contributed by atoms with Crippen molar-refractivity contribution in [3.8, 4) is 5.75 Å². The Morgan fingerprint density at radius 3 is 2.36 bits per heavy atom. The Labute approximate surface area is 143 Å². The molecule has 0 aliphatic rings. The van der Waals surface area contributed by atoms with Gasteiger partial charge in [0.25, 0.3) is 0 Å². The highest BCUT2D eigenvalue weighted by Gasteiger charge is 2.20. The quantitative estimate of drug-likeness (QED) is 0.814. The van der Waals surface area contributed by atoms with Gasteiger partial charge in [0, 0.05) is 11.4 Å². The molecule has 0 spiro atoms. The normalized spacial score (nSPS) is 12.0. The third-order valence-electron chi connectivity index (χ3n) is 3.09. The van der Waals surface area contributed by atoms with Gasteiger partial charge in [0.1, 0.15) is 5.75 Å². The second-order valence-corrected chi connectivity index (χ2v) is 6.03. The molecule has 0 aliphatic heterocycles. The lowest BCUT2D eigenvalue weighted by Gasteiger charge is -2.16. The van der Waals surface area contributed by atoms with E-state index in [9.17, 15) is 9.90 Å². The molecule has 0 aromatic heterocycles. The zero-order valence-corrected chi connectivity index (χ0v) is 13.9. The van der Waals surface area contributed by atoms with E-state index >= 15 is 0 Å². The molecule has 0 heterocycles. The first-order valence-electron chi connectivity index (χ1n) is 6.46. The molecule has 1 atom stereocenters. The number of benzene rings is 2. The van der Waals surface area contributed by atoms with Crippen LogP contribution >= 0.6 is 34.8 Å². The predicted molar refractivity (Wildman–Crippen MR) is 88.4 cm³/mol. The summed E-state index contributed by atoms with van der Waals surface area (Å²) in [5, 5.41) is 10.7. The van der Waals surface area contributed by atoms with Gasteiger partial charge in [-0.05, 0) is 48.4 Å². The van der Waals surface area contributed by atoms with Crippen LogP contribution in [0.15, 0.2) is 36.4 Å². The van der Waals surface area contributed by atoms with Crippen molar-refractivity contribution in [2.45, 2.75) is 19.4 Å². The Kier molecular flexibility index (Phi) is 5.57. The number of aryl methyl sites for hydroxylation is 1. The zero-order chi connectivity index (χ0) is 16.3. The molecule has 2 rings (SSSR count). The number of carbonyl (C=O) groups is 1. The predicted octanol–water partition coefficient (Wildman–Crippen LogP) is 5.03. The molecule has 3 nitrogen and oxygen atoms in total. The molecule has 0 saturated carbocycles.